The third kappa shape index (κ3) is 3.83. The van der Waals surface area contributed by atoms with Gasteiger partial charge >= 0.3 is 0 Å². The molecule has 3 rings (SSSR count). The topological polar surface area (TPSA) is 71.6 Å². The quantitative estimate of drug-likeness (QED) is 0.752. The SMILES string of the molecule is Cc1nn(C)c(Cl)c1/C=C/C(=O)N1CCCN1C(=O)CCc1ccco1. The summed E-state index contributed by atoms with van der Waals surface area (Å²) in [5.74, 6) is 0.432. The zero-order chi connectivity index (χ0) is 18.7. The molecule has 2 aromatic rings. The van der Waals surface area contributed by atoms with Gasteiger partial charge < -0.3 is 4.42 Å². The van der Waals surface area contributed by atoms with Gasteiger partial charge in [-0.15, -0.1) is 0 Å². The van der Waals surface area contributed by atoms with Gasteiger partial charge in [-0.05, 0) is 31.6 Å². The average Bonchev–Trinajstić information content (AvgIpc) is 3.34. The normalized spacial score (nSPS) is 14.6. The number of furan rings is 1. The van der Waals surface area contributed by atoms with Crippen molar-refractivity contribution in [1.29, 1.82) is 0 Å². The highest BCUT2D eigenvalue weighted by Crippen LogP contribution is 2.21. The van der Waals surface area contributed by atoms with Crippen LogP contribution in [0.15, 0.2) is 28.9 Å². The summed E-state index contributed by atoms with van der Waals surface area (Å²) in [5, 5.41) is 7.69. The molecule has 0 spiro atoms. The summed E-state index contributed by atoms with van der Waals surface area (Å²) in [5.41, 5.74) is 1.45. The molecule has 8 heteroatoms. The third-order valence-electron chi connectivity index (χ3n) is 4.33. The van der Waals surface area contributed by atoms with Crippen molar-refractivity contribution in [2.75, 3.05) is 13.1 Å². The van der Waals surface area contributed by atoms with E-state index >= 15 is 0 Å². The minimum Gasteiger partial charge on any atom is -0.469 e. The van der Waals surface area contributed by atoms with Gasteiger partial charge in [-0.2, -0.15) is 5.10 Å². The van der Waals surface area contributed by atoms with Gasteiger partial charge in [-0.1, -0.05) is 11.6 Å². The Balaban J connectivity index is 1.64. The smallest absolute Gasteiger partial charge is 0.265 e. The van der Waals surface area contributed by atoms with E-state index in [4.69, 9.17) is 16.0 Å². The van der Waals surface area contributed by atoms with Crippen molar-refractivity contribution >= 4 is 29.5 Å². The molecule has 0 bridgehead atoms. The first-order valence-electron chi connectivity index (χ1n) is 8.48. The van der Waals surface area contributed by atoms with Gasteiger partial charge in [0, 0.05) is 44.6 Å². The van der Waals surface area contributed by atoms with E-state index in [-0.39, 0.29) is 11.8 Å². The Labute approximate surface area is 156 Å². The highest BCUT2D eigenvalue weighted by Gasteiger charge is 2.29. The molecule has 1 fully saturated rings. The number of aromatic nitrogens is 2. The minimum atomic E-state index is -0.242. The predicted molar refractivity (Wildman–Crippen MR) is 97.1 cm³/mol. The lowest BCUT2D eigenvalue weighted by Crippen LogP contribution is -2.44. The van der Waals surface area contributed by atoms with Crippen LogP contribution in [0.4, 0.5) is 0 Å². The second kappa shape index (κ2) is 7.78. The molecule has 1 aliphatic heterocycles. The standard InChI is InChI=1S/C18H21ClN4O3/c1-13-15(18(19)21(2)20-13)7-9-17(25)23-11-4-10-22(23)16(24)8-6-14-5-3-12-26-14/h3,5,7,9,12H,4,6,8,10-11H2,1-2H3/b9-7+. The van der Waals surface area contributed by atoms with E-state index in [1.165, 1.54) is 16.1 Å². The van der Waals surface area contributed by atoms with Gasteiger partial charge in [0.15, 0.2) is 0 Å². The van der Waals surface area contributed by atoms with Gasteiger partial charge in [0.05, 0.1) is 12.0 Å². The molecule has 0 saturated carbocycles. The van der Waals surface area contributed by atoms with Crippen LogP contribution in [0.3, 0.4) is 0 Å². The van der Waals surface area contributed by atoms with Crippen molar-refractivity contribution in [2.24, 2.45) is 7.05 Å². The zero-order valence-electron chi connectivity index (χ0n) is 14.8. The molecule has 0 radical (unpaired) electrons. The van der Waals surface area contributed by atoms with E-state index in [0.717, 1.165) is 17.9 Å². The number of rotatable bonds is 5. The number of carbonyl (C=O) groups excluding carboxylic acids is 2. The summed E-state index contributed by atoms with van der Waals surface area (Å²) in [6, 6.07) is 3.63. The Kier molecular flexibility index (Phi) is 5.46. The Morgan fingerprint density at radius 1 is 1.35 bits per heavy atom. The highest BCUT2D eigenvalue weighted by molar-refractivity contribution is 6.31. The second-order valence-corrected chi connectivity index (χ2v) is 6.52. The van der Waals surface area contributed by atoms with Crippen LogP contribution in [0, 0.1) is 6.92 Å². The van der Waals surface area contributed by atoms with Crippen LogP contribution in [-0.4, -0.2) is 44.7 Å². The molecule has 0 unspecified atom stereocenters. The molecule has 0 N–H and O–H groups in total. The number of hydrogen-bond acceptors (Lipinski definition) is 4. The predicted octanol–water partition coefficient (Wildman–Crippen LogP) is 2.60. The summed E-state index contributed by atoms with van der Waals surface area (Å²) in [6.45, 7) is 2.90. The molecular formula is C18H21ClN4O3. The highest BCUT2D eigenvalue weighted by atomic mass is 35.5. The van der Waals surface area contributed by atoms with E-state index in [0.29, 0.717) is 36.6 Å². The molecule has 26 heavy (non-hydrogen) atoms. The first-order valence-corrected chi connectivity index (χ1v) is 8.86. The molecule has 2 aromatic heterocycles. The maximum absolute atomic E-state index is 12.6. The molecule has 0 atom stereocenters. The van der Waals surface area contributed by atoms with Crippen molar-refractivity contribution < 1.29 is 14.0 Å². The van der Waals surface area contributed by atoms with E-state index < -0.39 is 0 Å². The molecule has 2 amide bonds. The first-order chi connectivity index (χ1) is 12.5. The summed E-state index contributed by atoms with van der Waals surface area (Å²) in [6.07, 6.45) is 6.25. The van der Waals surface area contributed by atoms with E-state index in [2.05, 4.69) is 5.10 Å². The van der Waals surface area contributed by atoms with E-state index in [1.54, 1.807) is 30.1 Å². The number of hydrazine groups is 1. The summed E-state index contributed by atoms with van der Waals surface area (Å²) in [7, 11) is 1.74. The number of halogens is 1. The van der Waals surface area contributed by atoms with Crippen LogP contribution in [-0.2, 0) is 23.1 Å². The van der Waals surface area contributed by atoms with Crippen LogP contribution < -0.4 is 0 Å². The Bertz CT molecular complexity index is 826. The van der Waals surface area contributed by atoms with Crippen LogP contribution in [0.1, 0.15) is 29.9 Å². The van der Waals surface area contributed by atoms with Crippen molar-refractivity contribution in [3.63, 3.8) is 0 Å². The Morgan fingerprint density at radius 3 is 2.77 bits per heavy atom. The van der Waals surface area contributed by atoms with Crippen LogP contribution in [0.5, 0.6) is 0 Å². The van der Waals surface area contributed by atoms with Gasteiger partial charge in [0.1, 0.15) is 10.9 Å². The summed E-state index contributed by atoms with van der Waals surface area (Å²) >= 11 is 6.18. The molecule has 0 aliphatic carbocycles. The van der Waals surface area contributed by atoms with Gasteiger partial charge in [0.25, 0.3) is 5.91 Å². The monoisotopic (exact) mass is 376 g/mol. The second-order valence-electron chi connectivity index (χ2n) is 6.16. The fraction of sp³-hybridized carbons (Fsp3) is 0.389. The zero-order valence-corrected chi connectivity index (χ0v) is 15.6. The number of aryl methyl sites for hydroxylation is 3. The van der Waals surface area contributed by atoms with Crippen molar-refractivity contribution in [2.45, 2.75) is 26.2 Å². The lowest BCUT2D eigenvalue weighted by molar-refractivity contribution is -0.154. The molecule has 3 heterocycles. The van der Waals surface area contributed by atoms with Crippen molar-refractivity contribution in [1.82, 2.24) is 19.8 Å². The fourth-order valence-corrected chi connectivity index (χ4v) is 3.23. The lowest BCUT2D eigenvalue weighted by Gasteiger charge is -2.26. The molecule has 1 saturated heterocycles. The molecule has 138 valence electrons. The first kappa shape index (κ1) is 18.3. The lowest BCUT2D eigenvalue weighted by atomic mass is 10.2. The van der Waals surface area contributed by atoms with Gasteiger partial charge in [0.2, 0.25) is 5.91 Å². The van der Waals surface area contributed by atoms with Crippen LogP contribution in [0.25, 0.3) is 6.08 Å². The maximum Gasteiger partial charge on any atom is 0.265 e. The third-order valence-corrected chi connectivity index (χ3v) is 4.78. The number of carbonyl (C=O) groups is 2. The van der Waals surface area contributed by atoms with Crippen molar-refractivity contribution in [3.8, 4) is 0 Å². The number of nitrogens with zero attached hydrogens (tertiary/aromatic N) is 4. The van der Waals surface area contributed by atoms with E-state index in [9.17, 15) is 9.59 Å². The Hall–Kier alpha value is -2.54. The molecule has 0 aromatic carbocycles. The summed E-state index contributed by atoms with van der Waals surface area (Å²) in [4.78, 5) is 25.0. The van der Waals surface area contributed by atoms with Gasteiger partial charge in [-0.25, -0.2) is 5.01 Å². The summed E-state index contributed by atoms with van der Waals surface area (Å²) < 4.78 is 6.81. The molecule has 7 nitrogen and oxygen atoms in total. The average molecular weight is 377 g/mol. The van der Waals surface area contributed by atoms with Gasteiger partial charge in [-0.3, -0.25) is 19.3 Å². The van der Waals surface area contributed by atoms with Crippen LogP contribution >= 0.6 is 11.6 Å². The molecular weight excluding hydrogens is 356 g/mol. The Morgan fingerprint density at radius 2 is 2.12 bits per heavy atom. The number of hydrogen-bond donors (Lipinski definition) is 0. The molecule has 1 aliphatic rings. The van der Waals surface area contributed by atoms with Crippen LogP contribution in [0.2, 0.25) is 5.15 Å². The largest absolute Gasteiger partial charge is 0.469 e. The van der Waals surface area contributed by atoms with E-state index in [1.807, 2.05) is 13.0 Å². The minimum absolute atomic E-state index is 0.0868. The fourth-order valence-electron chi connectivity index (χ4n) is 2.99. The maximum atomic E-state index is 12.6. The van der Waals surface area contributed by atoms with Crippen molar-refractivity contribution in [3.05, 3.63) is 46.6 Å². The number of amides is 2.